The summed E-state index contributed by atoms with van der Waals surface area (Å²) < 4.78 is 2.39. The van der Waals surface area contributed by atoms with Crippen molar-refractivity contribution in [2.75, 3.05) is 5.33 Å². The molecule has 1 aromatic carbocycles. The predicted molar refractivity (Wildman–Crippen MR) is 81.3 cm³/mol. The Balaban J connectivity index is 2.20. The molecule has 98 valence electrons. The smallest absolute Gasteiger partial charge is 0.109 e. The Kier molecular flexibility index (Phi) is 4.81. The quantitative estimate of drug-likeness (QED) is 0.723. The Morgan fingerprint density at radius 2 is 2.06 bits per heavy atom. The molecule has 2 rings (SSSR count). The van der Waals surface area contributed by atoms with Gasteiger partial charge in [0.1, 0.15) is 5.82 Å². The standard InChI is InChI=1S/C15H21BrN2/c1-3-15-17-13-6-4-5-7-14(13)18(15)11-9-12(2)8-10-16/h4-7,12H,3,8-11H2,1-2H3. The molecular weight excluding hydrogens is 288 g/mol. The van der Waals surface area contributed by atoms with Crippen LogP contribution in [0, 0.1) is 5.92 Å². The normalized spacial score (nSPS) is 13.1. The van der Waals surface area contributed by atoms with E-state index in [1.54, 1.807) is 0 Å². The van der Waals surface area contributed by atoms with E-state index in [1.165, 1.54) is 24.2 Å². The fourth-order valence-electron chi connectivity index (χ4n) is 2.32. The molecule has 0 radical (unpaired) electrons. The number of imidazole rings is 1. The second-order valence-corrected chi connectivity index (χ2v) is 5.69. The van der Waals surface area contributed by atoms with Gasteiger partial charge < -0.3 is 4.57 Å². The van der Waals surface area contributed by atoms with Crippen LogP contribution in [0.4, 0.5) is 0 Å². The van der Waals surface area contributed by atoms with Crippen LogP contribution >= 0.6 is 15.9 Å². The molecule has 0 saturated heterocycles. The van der Waals surface area contributed by atoms with E-state index in [-0.39, 0.29) is 0 Å². The lowest BCUT2D eigenvalue weighted by Crippen LogP contribution is -2.07. The number of hydrogen-bond donors (Lipinski definition) is 0. The molecule has 1 atom stereocenters. The summed E-state index contributed by atoms with van der Waals surface area (Å²) in [5.74, 6) is 1.97. The van der Waals surface area contributed by atoms with Gasteiger partial charge in [0.15, 0.2) is 0 Å². The molecular formula is C15H21BrN2. The van der Waals surface area contributed by atoms with Crippen LogP contribution in [-0.2, 0) is 13.0 Å². The summed E-state index contributed by atoms with van der Waals surface area (Å²) >= 11 is 3.52. The molecule has 2 nitrogen and oxygen atoms in total. The van der Waals surface area contributed by atoms with E-state index in [9.17, 15) is 0 Å². The van der Waals surface area contributed by atoms with Crippen LogP contribution in [0.25, 0.3) is 11.0 Å². The van der Waals surface area contributed by atoms with Gasteiger partial charge in [-0.15, -0.1) is 0 Å². The lowest BCUT2D eigenvalue weighted by molar-refractivity contribution is 0.471. The number of para-hydroxylation sites is 2. The van der Waals surface area contributed by atoms with Crippen molar-refractivity contribution in [2.45, 2.75) is 39.7 Å². The Bertz CT molecular complexity index is 504. The summed E-state index contributed by atoms with van der Waals surface area (Å²) in [6.07, 6.45) is 3.47. The molecule has 0 amide bonds. The van der Waals surface area contributed by atoms with E-state index in [1.807, 2.05) is 0 Å². The fraction of sp³-hybridized carbons (Fsp3) is 0.533. The zero-order valence-corrected chi connectivity index (χ0v) is 12.8. The maximum Gasteiger partial charge on any atom is 0.109 e. The van der Waals surface area contributed by atoms with Gasteiger partial charge in [0.25, 0.3) is 0 Å². The summed E-state index contributed by atoms with van der Waals surface area (Å²) in [6.45, 7) is 5.59. The molecule has 1 unspecified atom stereocenters. The molecule has 2 aromatic rings. The summed E-state index contributed by atoms with van der Waals surface area (Å²) in [6, 6.07) is 8.44. The third-order valence-electron chi connectivity index (χ3n) is 3.50. The fourth-order valence-corrected chi connectivity index (χ4v) is 3.11. The van der Waals surface area contributed by atoms with Crippen LogP contribution in [0.5, 0.6) is 0 Å². The first-order valence-corrected chi connectivity index (χ1v) is 7.88. The van der Waals surface area contributed by atoms with E-state index in [0.29, 0.717) is 0 Å². The molecule has 18 heavy (non-hydrogen) atoms. The lowest BCUT2D eigenvalue weighted by Gasteiger charge is -2.12. The average molecular weight is 309 g/mol. The average Bonchev–Trinajstić information content (AvgIpc) is 2.74. The van der Waals surface area contributed by atoms with E-state index in [4.69, 9.17) is 4.98 Å². The molecule has 0 N–H and O–H groups in total. The van der Waals surface area contributed by atoms with Gasteiger partial charge in [-0.1, -0.05) is 41.9 Å². The Hall–Kier alpha value is -0.830. The molecule has 0 aliphatic heterocycles. The topological polar surface area (TPSA) is 17.8 Å². The van der Waals surface area contributed by atoms with Crippen molar-refractivity contribution < 1.29 is 0 Å². The van der Waals surface area contributed by atoms with Crippen molar-refractivity contribution in [3.8, 4) is 0 Å². The minimum absolute atomic E-state index is 0.759. The van der Waals surface area contributed by atoms with Crippen molar-refractivity contribution in [1.29, 1.82) is 0 Å². The largest absolute Gasteiger partial charge is 0.328 e. The van der Waals surface area contributed by atoms with Crippen LogP contribution in [0.15, 0.2) is 24.3 Å². The van der Waals surface area contributed by atoms with Gasteiger partial charge in [0, 0.05) is 18.3 Å². The summed E-state index contributed by atoms with van der Waals surface area (Å²) in [7, 11) is 0. The Morgan fingerprint density at radius 1 is 1.28 bits per heavy atom. The van der Waals surface area contributed by atoms with E-state index in [2.05, 4.69) is 58.6 Å². The number of hydrogen-bond acceptors (Lipinski definition) is 1. The van der Waals surface area contributed by atoms with Gasteiger partial charge in [0.2, 0.25) is 0 Å². The van der Waals surface area contributed by atoms with Crippen molar-refractivity contribution in [2.24, 2.45) is 5.92 Å². The van der Waals surface area contributed by atoms with Crippen molar-refractivity contribution in [1.82, 2.24) is 9.55 Å². The molecule has 0 bridgehead atoms. The first kappa shape index (κ1) is 13.6. The van der Waals surface area contributed by atoms with Crippen LogP contribution < -0.4 is 0 Å². The molecule has 1 aromatic heterocycles. The highest BCUT2D eigenvalue weighted by atomic mass is 79.9. The summed E-state index contributed by atoms with van der Waals surface area (Å²) in [5, 5.41) is 1.10. The third kappa shape index (κ3) is 2.94. The predicted octanol–water partition coefficient (Wildman–Crippen LogP) is 4.41. The zero-order valence-electron chi connectivity index (χ0n) is 11.2. The molecule has 0 aliphatic rings. The number of aryl methyl sites for hydroxylation is 2. The minimum atomic E-state index is 0.759. The van der Waals surface area contributed by atoms with Gasteiger partial charge in [0.05, 0.1) is 11.0 Å². The van der Waals surface area contributed by atoms with E-state index >= 15 is 0 Å². The van der Waals surface area contributed by atoms with E-state index < -0.39 is 0 Å². The summed E-state index contributed by atoms with van der Waals surface area (Å²) in [4.78, 5) is 4.71. The molecule has 0 fully saturated rings. The number of aromatic nitrogens is 2. The maximum atomic E-state index is 4.71. The van der Waals surface area contributed by atoms with Crippen molar-refractivity contribution in [3.63, 3.8) is 0 Å². The number of benzene rings is 1. The van der Waals surface area contributed by atoms with Gasteiger partial charge in [-0.2, -0.15) is 0 Å². The second-order valence-electron chi connectivity index (χ2n) is 4.89. The van der Waals surface area contributed by atoms with Crippen LogP contribution in [0.2, 0.25) is 0 Å². The van der Waals surface area contributed by atoms with Crippen LogP contribution in [0.3, 0.4) is 0 Å². The van der Waals surface area contributed by atoms with Gasteiger partial charge in [-0.3, -0.25) is 0 Å². The highest BCUT2D eigenvalue weighted by molar-refractivity contribution is 9.09. The number of halogens is 1. The monoisotopic (exact) mass is 308 g/mol. The number of nitrogens with zero attached hydrogens (tertiary/aromatic N) is 2. The SMILES string of the molecule is CCc1nc2ccccc2n1CCC(C)CCBr. The van der Waals surface area contributed by atoms with E-state index in [0.717, 1.165) is 29.7 Å². The highest BCUT2D eigenvalue weighted by Gasteiger charge is 2.09. The van der Waals surface area contributed by atoms with Gasteiger partial charge >= 0.3 is 0 Å². The zero-order chi connectivity index (χ0) is 13.0. The molecule has 3 heteroatoms. The number of rotatable bonds is 6. The first-order valence-electron chi connectivity index (χ1n) is 6.76. The highest BCUT2D eigenvalue weighted by Crippen LogP contribution is 2.19. The third-order valence-corrected chi connectivity index (χ3v) is 3.96. The molecule has 0 saturated carbocycles. The molecule has 0 spiro atoms. The second kappa shape index (κ2) is 6.37. The van der Waals surface area contributed by atoms with Crippen molar-refractivity contribution in [3.05, 3.63) is 30.1 Å². The minimum Gasteiger partial charge on any atom is -0.328 e. The Morgan fingerprint density at radius 3 is 2.78 bits per heavy atom. The van der Waals surface area contributed by atoms with Gasteiger partial charge in [-0.05, 0) is 30.9 Å². The summed E-state index contributed by atoms with van der Waals surface area (Å²) in [5.41, 5.74) is 2.41. The van der Waals surface area contributed by atoms with Crippen molar-refractivity contribution >= 4 is 27.0 Å². The maximum absolute atomic E-state index is 4.71. The van der Waals surface area contributed by atoms with Gasteiger partial charge in [-0.25, -0.2) is 4.98 Å². The molecule has 1 heterocycles. The Labute approximate surface area is 118 Å². The van der Waals surface area contributed by atoms with Crippen LogP contribution in [-0.4, -0.2) is 14.9 Å². The first-order chi connectivity index (χ1) is 8.76. The molecule has 0 aliphatic carbocycles. The lowest BCUT2D eigenvalue weighted by atomic mass is 10.1. The number of alkyl halides is 1. The van der Waals surface area contributed by atoms with Crippen LogP contribution in [0.1, 0.15) is 32.5 Å². The number of fused-ring (bicyclic) bond motifs is 1.